The second-order valence-electron chi connectivity index (χ2n) is 4.56. The Morgan fingerprint density at radius 2 is 2.00 bits per heavy atom. The first-order chi connectivity index (χ1) is 8.47. The van der Waals surface area contributed by atoms with Gasteiger partial charge in [0, 0.05) is 5.69 Å². The lowest BCUT2D eigenvalue weighted by molar-refractivity contribution is 0.0689. The Kier molecular flexibility index (Phi) is 3.19. The van der Waals surface area contributed by atoms with Gasteiger partial charge in [0.25, 0.3) is 0 Å². The van der Waals surface area contributed by atoms with Crippen molar-refractivity contribution in [1.29, 1.82) is 0 Å². The quantitative estimate of drug-likeness (QED) is 0.902. The summed E-state index contributed by atoms with van der Waals surface area (Å²) in [4.78, 5) is 10.9. The van der Waals surface area contributed by atoms with Crippen LogP contribution in [0.25, 0.3) is 0 Å². The molecule has 0 unspecified atom stereocenters. The van der Waals surface area contributed by atoms with Crippen LogP contribution in [0.2, 0.25) is 0 Å². The van der Waals surface area contributed by atoms with Crippen molar-refractivity contribution in [3.8, 4) is 0 Å². The molecule has 0 bridgehead atoms. The standard InChI is InChI=1S/C14H16N2O2/c1-9-4-5-12(10(2)6-9)8-16-11(3)7-13(15-16)14(17)18/h4-7H,8H2,1-3H3,(H,17,18). The highest BCUT2D eigenvalue weighted by atomic mass is 16.4. The molecule has 1 aromatic heterocycles. The van der Waals surface area contributed by atoms with Crippen molar-refractivity contribution in [2.24, 2.45) is 0 Å². The van der Waals surface area contributed by atoms with E-state index < -0.39 is 5.97 Å². The molecule has 4 heteroatoms. The van der Waals surface area contributed by atoms with E-state index in [0.717, 1.165) is 11.3 Å². The van der Waals surface area contributed by atoms with E-state index in [1.54, 1.807) is 10.7 Å². The van der Waals surface area contributed by atoms with E-state index in [9.17, 15) is 4.79 Å². The number of carbonyl (C=O) groups is 1. The number of aromatic carboxylic acids is 1. The zero-order valence-corrected chi connectivity index (χ0v) is 10.8. The molecule has 2 rings (SSSR count). The Labute approximate surface area is 106 Å². The van der Waals surface area contributed by atoms with Crippen molar-refractivity contribution in [1.82, 2.24) is 9.78 Å². The summed E-state index contributed by atoms with van der Waals surface area (Å²) in [5.74, 6) is -0.988. The van der Waals surface area contributed by atoms with E-state index >= 15 is 0 Å². The fourth-order valence-corrected chi connectivity index (χ4v) is 1.96. The molecule has 1 aromatic carbocycles. The largest absolute Gasteiger partial charge is 0.476 e. The van der Waals surface area contributed by atoms with Gasteiger partial charge in [-0.15, -0.1) is 0 Å². The Hall–Kier alpha value is -2.10. The highest BCUT2D eigenvalue weighted by Crippen LogP contribution is 2.13. The van der Waals surface area contributed by atoms with E-state index in [4.69, 9.17) is 5.11 Å². The molecule has 0 saturated carbocycles. The van der Waals surface area contributed by atoms with Crippen LogP contribution in [-0.2, 0) is 6.54 Å². The number of nitrogens with zero attached hydrogens (tertiary/aromatic N) is 2. The summed E-state index contributed by atoms with van der Waals surface area (Å²) in [6, 6.07) is 7.82. The fourth-order valence-electron chi connectivity index (χ4n) is 1.96. The molecule has 0 saturated heterocycles. The summed E-state index contributed by atoms with van der Waals surface area (Å²) in [6.07, 6.45) is 0. The van der Waals surface area contributed by atoms with Gasteiger partial charge in [0.15, 0.2) is 5.69 Å². The zero-order valence-electron chi connectivity index (χ0n) is 10.8. The van der Waals surface area contributed by atoms with Gasteiger partial charge in [0.05, 0.1) is 6.54 Å². The second-order valence-corrected chi connectivity index (χ2v) is 4.56. The van der Waals surface area contributed by atoms with Gasteiger partial charge in [-0.1, -0.05) is 23.8 Å². The van der Waals surface area contributed by atoms with Crippen LogP contribution in [0.1, 0.15) is 32.9 Å². The van der Waals surface area contributed by atoms with Gasteiger partial charge in [-0.25, -0.2) is 4.79 Å². The van der Waals surface area contributed by atoms with Crippen molar-refractivity contribution < 1.29 is 9.90 Å². The zero-order chi connectivity index (χ0) is 13.3. The Bertz CT molecular complexity index is 600. The highest BCUT2D eigenvalue weighted by Gasteiger charge is 2.11. The molecule has 0 aliphatic rings. The molecule has 94 valence electrons. The number of hydrogen-bond acceptors (Lipinski definition) is 2. The van der Waals surface area contributed by atoms with E-state index in [1.807, 2.05) is 6.92 Å². The molecule has 0 amide bonds. The number of carboxylic acids is 1. The third-order valence-corrected chi connectivity index (χ3v) is 3.02. The molecule has 0 atom stereocenters. The van der Waals surface area contributed by atoms with Gasteiger partial charge in [-0.05, 0) is 38.0 Å². The second kappa shape index (κ2) is 4.64. The van der Waals surface area contributed by atoms with Crippen LogP contribution >= 0.6 is 0 Å². The first-order valence-corrected chi connectivity index (χ1v) is 5.81. The molecule has 18 heavy (non-hydrogen) atoms. The van der Waals surface area contributed by atoms with Crippen LogP contribution in [0.4, 0.5) is 0 Å². The van der Waals surface area contributed by atoms with E-state index in [0.29, 0.717) is 6.54 Å². The van der Waals surface area contributed by atoms with Crippen LogP contribution in [0.15, 0.2) is 24.3 Å². The minimum atomic E-state index is -0.988. The van der Waals surface area contributed by atoms with E-state index in [1.165, 1.54) is 11.1 Å². The number of hydrogen-bond donors (Lipinski definition) is 1. The number of benzene rings is 1. The van der Waals surface area contributed by atoms with Crippen LogP contribution < -0.4 is 0 Å². The number of rotatable bonds is 3. The smallest absolute Gasteiger partial charge is 0.356 e. The topological polar surface area (TPSA) is 55.1 Å². The average molecular weight is 244 g/mol. The molecule has 0 radical (unpaired) electrons. The first kappa shape index (κ1) is 12.4. The number of aryl methyl sites for hydroxylation is 3. The Balaban J connectivity index is 2.31. The summed E-state index contributed by atoms with van der Waals surface area (Å²) in [6.45, 7) is 6.58. The molecule has 1 N–H and O–H groups in total. The number of carboxylic acid groups (broad SMARTS) is 1. The van der Waals surface area contributed by atoms with E-state index in [2.05, 4.69) is 37.1 Å². The molecule has 0 aliphatic heterocycles. The minimum Gasteiger partial charge on any atom is -0.476 e. The van der Waals surface area contributed by atoms with Crippen molar-refractivity contribution in [2.45, 2.75) is 27.3 Å². The van der Waals surface area contributed by atoms with Gasteiger partial charge in [0.2, 0.25) is 0 Å². The van der Waals surface area contributed by atoms with Crippen LogP contribution in [0.3, 0.4) is 0 Å². The normalized spacial score (nSPS) is 10.6. The average Bonchev–Trinajstić information content (AvgIpc) is 2.64. The van der Waals surface area contributed by atoms with Gasteiger partial charge < -0.3 is 5.11 Å². The maximum absolute atomic E-state index is 10.9. The molecule has 4 nitrogen and oxygen atoms in total. The summed E-state index contributed by atoms with van der Waals surface area (Å²) in [7, 11) is 0. The SMILES string of the molecule is Cc1ccc(Cn2nc(C(=O)O)cc2C)c(C)c1. The number of aromatic nitrogens is 2. The highest BCUT2D eigenvalue weighted by molar-refractivity contribution is 5.85. The van der Waals surface area contributed by atoms with Crippen molar-refractivity contribution in [3.63, 3.8) is 0 Å². The molecule has 0 aliphatic carbocycles. The third kappa shape index (κ3) is 2.42. The van der Waals surface area contributed by atoms with Crippen LogP contribution in [-0.4, -0.2) is 20.9 Å². The van der Waals surface area contributed by atoms with Crippen molar-refractivity contribution in [3.05, 3.63) is 52.3 Å². The minimum absolute atomic E-state index is 0.0947. The molecular weight excluding hydrogens is 228 g/mol. The maximum atomic E-state index is 10.9. The lowest BCUT2D eigenvalue weighted by Crippen LogP contribution is -2.07. The predicted molar refractivity (Wildman–Crippen MR) is 68.9 cm³/mol. The van der Waals surface area contributed by atoms with Crippen LogP contribution in [0, 0.1) is 20.8 Å². The van der Waals surface area contributed by atoms with Crippen molar-refractivity contribution >= 4 is 5.97 Å². The van der Waals surface area contributed by atoms with Crippen LogP contribution in [0.5, 0.6) is 0 Å². The molecule has 2 aromatic rings. The summed E-state index contributed by atoms with van der Waals surface area (Å²) in [5, 5.41) is 13.0. The Morgan fingerprint density at radius 3 is 2.56 bits per heavy atom. The lowest BCUT2D eigenvalue weighted by Gasteiger charge is -2.08. The lowest BCUT2D eigenvalue weighted by atomic mass is 10.1. The monoisotopic (exact) mass is 244 g/mol. The van der Waals surface area contributed by atoms with E-state index in [-0.39, 0.29) is 5.69 Å². The predicted octanol–water partition coefficient (Wildman–Crippen LogP) is 2.55. The Morgan fingerprint density at radius 1 is 1.28 bits per heavy atom. The van der Waals surface area contributed by atoms with Crippen molar-refractivity contribution in [2.75, 3.05) is 0 Å². The van der Waals surface area contributed by atoms with Gasteiger partial charge >= 0.3 is 5.97 Å². The van der Waals surface area contributed by atoms with Gasteiger partial charge in [-0.3, -0.25) is 4.68 Å². The van der Waals surface area contributed by atoms with Gasteiger partial charge in [-0.2, -0.15) is 5.10 Å². The molecule has 0 fully saturated rings. The molecule has 0 spiro atoms. The molecule has 1 heterocycles. The van der Waals surface area contributed by atoms with Gasteiger partial charge in [0.1, 0.15) is 0 Å². The maximum Gasteiger partial charge on any atom is 0.356 e. The first-order valence-electron chi connectivity index (χ1n) is 5.81. The summed E-state index contributed by atoms with van der Waals surface area (Å²) >= 11 is 0. The summed E-state index contributed by atoms with van der Waals surface area (Å²) < 4.78 is 1.72. The summed E-state index contributed by atoms with van der Waals surface area (Å²) in [5.41, 5.74) is 4.52. The fraction of sp³-hybridized carbons (Fsp3) is 0.286. The third-order valence-electron chi connectivity index (χ3n) is 3.02. The molecular formula is C14H16N2O2.